The molecule has 0 saturated carbocycles. The fraction of sp³-hybridized carbons (Fsp3) is 0.385. The predicted octanol–water partition coefficient (Wildman–Crippen LogP) is 0.593. The lowest BCUT2D eigenvalue weighted by Crippen LogP contribution is -2.46. The van der Waals surface area contributed by atoms with E-state index in [4.69, 9.17) is 10.2 Å². The summed E-state index contributed by atoms with van der Waals surface area (Å²) >= 11 is 0. The van der Waals surface area contributed by atoms with E-state index in [-0.39, 0.29) is 12.6 Å². The average molecular weight is 264 g/mol. The first-order valence-electron chi connectivity index (χ1n) is 6.06. The minimum atomic E-state index is -1.59. The van der Waals surface area contributed by atoms with Crippen LogP contribution in [0.5, 0.6) is 0 Å². The van der Waals surface area contributed by atoms with Crippen molar-refractivity contribution >= 4 is 17.7 Å². The summed E-state index contributed by atoms with van der Waals surface area (Å²) in [6.45, 7) is 1.62. The maximum atomic E-state index is 12.1. The molecule has 0 saturated heterocycles. The highest BCUT2D eigenvalue weighted by Gasteiger charge is 2.30. The molecule has 6 heteroatoms. The van der Waals surface area contributed by atoms with E-state index >= 15 is 0 Å². The van der Waals surface area contributed by atoms with Crippen LogP contribution >= 0.6 is 0 Å². The van der Waals surface area contributed by atoms with Gasteiger partial charge >= 0.3 is 12.0 Å². The molecule has 0 fully saturated rings. The van der Waals surface area contributed by atoms with Gasteiger partial charge in [-0.05, 0) is 25.0 Å². The Labute approximate surface area is 110 Å². The van der Waals surface area contributed by atoms with Crippen LogP contribution in [0.3, 0.4) is 0 Å². The van der Waals surface area contributed by atoms with Crippen LogP contribution in [0.1, 0.15) is 12.5 Å². The number of anilines is 1. The number of aliphatic hydroxyl groups excluding tert-OH is 1. The number of urea groups is 1. The Kier molecular flexibility index (Phi) is 3.71. The lowest BCUT2D eigenvalue weighted by Gasteiger charge is -2.23. The molecule has 1 aromatic carbocycles. The Morgan fingerprint density at radius 1 is 1.47 bits per heavy atom. The summed E-state index contributed by atoms with van der Waals surface area (Å²) in [6.07, 6.45) is -0.817. The van der Waals surface area contributed by atoms with Crippen molar-refractivity contribution in [3.63, 3.8) is 0 Å². The number of amides is 2. The van der Waals surface area contributed by atoms with Gasteiger partial charge in [-0.2, -0.15) is 0 Å². The van der Waals surface area contributed by atoms with E-state index in [2.05, 4.69) is 5.32 Å². The molecule has 0 aliphatic carbocycles. The van der Waals surface area contributed by atoms with Crippen LogP contribution in [0.4, 0.5) is 10.5 Å². The molecule has 1 aliphatic heterocycles. The number of nitrogens with zero attached hydrogens (tertiary/aromatic N) is 1. The van der Waals surface area contributed by atoms with E-state index in [9.17, 15) is 9.59 Å². The van der Waals surface area contributed by atoms with Gasteiger partial charge in [-0.1, -0.05) is 18.2 Å². The molecule has 102 valence electrons. The summed E-state index contributed by atoms with van der Waals surface area (Å²) in [6, 6.07) is 7.21. The minimum absolute atomic E-state index is 0.0133. The molecule has 19 heavy (non-hydrogen) atoms. The quantitative estimate of drug-likeness (QED) is 0.745. The largest absolute Gasteiger partial charge is 0.479 e. The van der Waals surface area contributed by atoms with Gasteiger partial charge in [-0.3, -0.25) is 4.90 Å². The highest BCUT2D eigenvalue weighted by atomic mass is 16.4. The van der Waals surface area contributed by atoms with Crippen molar-refractivity contribution in [3.05, 3.63) is 29.8 Å². The van der Waals surface area contributed by atoms with Crippen LogP contribution in [0.25, 0.3) is 0 Å². The number of carboxylic acid groups (broad SMARTS) is 1. The number of carbonyl (C=O) groups excluding carboxylic acids is 1. The number of aliphatic hydroxyl groups is 1. The molecular weight excluding hydrogens is 248 g/mol. The fourth-order valence-electron chi connectivity index (χ4n) is 2.23. The van der Waals surface area contributed by atoms with Gasteiger partial charge in [-0.25, -0.2) is 9.59 Å². The van der Waals surface area contributed by atoms with Gasteiger partial charge in [-0.15, -0.1) is 0 Å². The number of hydrogen-bond acceptors (Lipinski definition) is 3. The van der Waals surface area contributed by atoms with Gasteiger partial charge in [0, 0.05) is 11.7 Å². The smallest absolute Gasteiger partial charge is 0.334 e. The Bertz CT molecular complexity index is 503. The molecule has 0 aromatic heterocycles. The Hall–Kier alpha value is -2.08. The number of benzene rings is 1. The van der Waals surface area contributed by atoms with Crippen LogP contribution in [0.15, 0.2) is 24.3 Å². The van der Waals surface area contributed by atoms with Crippen LogP contribution in [-0.2, 0) is 11.2 Å². The van der Waals surface area contributed by atoms with Crippen LogP contribution in [0, 0.1) is 0 Å². The Morgan fingerprint density at radius 2 is 2.16 bits per heavy atom. The van der Waals surface area contributed by atoms with Gasteiger partial charge in [0.05, 0.1) is 6.54 Å². The molecule has 1 aromatic rings. The van der Waals surface area contributed by atoms with Gasteiger partial charge in [0.15, 0.2) is 6.10 Å². The number of rotatable bonds is 3. The fourth-order valence-corrected chi connectivity index (χ4v) is 2.23. The van der Waals surface area contributed by atoms with Crippen LogP contribution in [0.2, 0.25) is 0 Å². The third-order valence-corrected chi connectivity index (χ3v) is 3.16. The summed E-state index contributed by atoms with van der Waals surface area (Å²) in [5, 5.41) is 20.1. The molecule has 0 spiro atoms. The second-order valence-corrected chi connectivity index (χ2v) is 4.59. The molecule has 2 amide bonds. The first kappa shape index (κ1) is 13.4. The number of fused-ring (bicyclic) bond motifs is 1. The third kappa shape index (κ3) is 2.68. The van der Waals surface area contributed by atoms with Crippen molar-refractivity contribution in [1.29, 1.82) is 0 Å². The maximum absolute atomic E-state index is 12.1. The number of aliphatic carboxylic acids is 1. The van der Waals surface area contributed by atoms with E-state index in [1.165, 1.54) is 0 Å². The zero-order chi connectivity index (χ0) is 14.0. The first-order chi connectivity index (χ1) is 9.00. The van der Waals surface area contributed by atoms with E-state index < -0.39 is 18.1 Å². The number of carboxylic acids is 1. The normalized spacial score (nSPS) is 18.8. The molecular formula is C13H16N2O4. The van der Waals surface area contributed by atoms with Crippen molar-refractivity contribution in [2.75, 3.05) is 11.4 Å². The predicted molar refractivity (Wildman–Crippen MR) is 69.1 cm³/mol. The molecule has 2 rings (SSSR count). The van der Waals surface area contributed by atoms with Gasteiger partial charge in [0.25, 0.3) is 0 Å². The highest BCUT2D eigenvalue weighted by Crippen LogP contribution is 2.31. The number of hydrogen-bond donors (Lipinski definition) is 3. The summed E-state index contributed by atoms with van der Waals surface area (Å²) in [4.78, 5) is 24.1. The molecule has 6 nitrogen and oxygen atoms in total. The van der Waals surface area contributed by atoms with Gasteiger partial charge in [0.2, 0.25) is 0 Å². The highest BCUT2D eigenvalue weighted by molar-refractivity contribution is 5.95. The van der Waals surface area contributed by atoms with Gasteiger partial charge in [0.1, 0.15) is 0 Å². The summed E-state index contributed by atoms with van der Waals surface area (Å²) < 4.78 is 0. The topological polar surface area (TPSA) is 89.9 Å². The molecule has 1 aliphatic rings. The number of carbonyl (C=O) groups is 2. The second kappa shape index (κ2) is 5.27. The zero-order valence-electron chi connectivity index (χ0n) is 10.5. The van der Waals surface area contributed by atoms with Crippen LogP contribution in [-0.4, -0.2) is 40.9 Å². The monoisotopic (exact) mass is 264 g/mol. The van der Waals surface area contributed by atoms with Crippen molar-refractivity contribution in [1.82, 2.24) is 5.32 Å². The SMILES string of the molecule is CC1Cc2ccccc2N1C(=O)NCC(O)C(=O)O. The summed E-state index contributed by atoms with van der Waals surface area (Å²) in [5.41, 5.74) is 1.92. The number of nitrogens with one attached hydrogen (secondary N) is 1. The van der Waals surface area contributed by atoms with Crippen molar-refractivity contribution in [2.24, 2.45) is 0 Å². The van der Waals surface area contributed by atoms with Crippen molar-refractivity contribution < 1.29 is 19.8 Å². The Balaban J connectivity index is 2.06. The number of para-hydroxylation sites is 1. The molecule has 0 radical (unpaired) electrons. The van der Waals surface area contributed by atoms with E-state index in [1.807, 2.05) is 31.2 Å². The van der Waals surface area contributed by atoms with Crippen molar-refractivity contribution in [2.45, 2.75) is 25.5 Å². The van der Waals surface area contributed by atoms with Crippen molar-refractivity contribution in [3.8, 4) is 0 Å². The lowest BCUT2D eigenvalue weighted by atomic mass is 10.1. The molecule has 1 heterocycles. The summed E-state index contributed by atoms with van der Waals surface area (Å²) in [5.74, 6) is -1.35. The zero-order valence-corrected chi connectivity index (χ0v) is 10.5. The first-order valence-corrected chi connectivity index (χ1v) is 6.06. The third-order valence-electron chi connectivity index (χ3n) is 3.16. The molecule has 2 unspecified atom stereocenters. The minimum Gasteiger partial charge on any atom is -0.479 e. The van der Waals surface area contributed by atoms with Gasteiger partial charge < -0.3 is 15.5 Å². The lowest BCUT2D eigenvalue weighted by molar-refractivity contribution is -0.146. The van der Waals surface area contributed by atoms with E-state index in [1.54, 1.807) is 4.90 Å². The Morgan fingerprint density at radius 3 is 2.84 bits per heavy atom. The van der Waals surface area contributed by atoms with E-state index in [0.29, 0.717) is 0 Å². The van der Waals surface area contributed by atoms with Crippen LogP contribution < -0.4 is 10.2 Å². The maximum Gasteiger partial charge on any atom is 0.334 e. The summed E-state index contributed by atoms with van der Waals surface area (Å²) in [7, 11) is 0. The molecule has 2 atom stereocenters. The molecule has 0 bridgehead atoms. The van der Waals surface area contributed by atoms with E-state index in [0.717, 1.165) is 17.7 Å². The molecule has 3 N–H and O–H groups in total. The average Bonchev–Trinajstić information content (AvgIpc) is 2.71. The standard InChI is InChI=1S/C13H16N2O4/c1-8-6-9-4-2-3-5-10(9)15(8)13(19)14-7-11(16)12(17)18/h2-5,8,11,16H,6-7H2,1H3,(H,14,19)(H,17,18). The second-order valence-electron chi connectivity index (χ2n) is 4.59.